The maximum Gasteiger partial charge on any atom is 0.323 e. The van der Waals surface area contributed by atoms with Crippen molar-refractivity contribution in [1.82, 2.24) is 0 Å². The van der Waals surface area contributed by atoms with Crippen molar-refractivity contribution in [3.63, 3.8) is 0 Å². The highest BCUT2D eigenvalue weighted by Gasteiger charge is 2.28. The van der Waals surface area contributed by atoms with Gasteiger partial charge in [-0.05, 0) is 54.2 Å². The number of urea groups is 1. The number of aliphatic carboxylic acids is 1. The number of rotatable bonds is 8. The van der Waals surface area contributed by atoms with E-state index in [9.17, 15) is 19.1 Å². The summed E-state index contributed by atoms with van der Waals surface area (Å²) < 4.78 is 19.9. The fraction of sp³-hybridized carbons (Fsp3) is 0.440. The number of carboxylic acid groups (broad SMARTS) is 1. The molecule has 1 saturated heterocycles. The lowest BCUT2D eigenvalue weighted by Gasteiger charge is -2.40. The zero-order valence-electron chi connectivity index (χ0n) is 19.6. The third-order valence-electron chi connectivity index (χ3n) is 6.08. The van der Waals surface area contributed by atoms with Gasteiger partial charge in [-0.25, -0.2) is 9.18 Å². The van der Waals surface area contributed by atoms with Crippen LogP contribution in [0.2, 0.25) is 5.02 Å². The molecule has 0 aliphatic carbocycles. The first-order valence-corrected chi connectivity index (χ1v) is 11.8. The molecule has 0 aromatic heterocycles. The average Bonchev–Trinajstić information content (AvgIpc) is 2.79. The number of ether oxygens (including phenoxy) is 1. The summed E-state index contributed by atoms with van der Waals surface area (Å²) in [5.41, 5.74) is 2.16. The molecule has 1 aliphatic heterocycles. The van der Waals surface area contributed by atoms with Crippen molar-refractivity contribution in [3.05, 3.63) is 52.8 Å². The van der Waals surface area contributed by atoms with Crippen LogP contribution in [0.25, 0.3) is 0 Å². The van der Waals surface area contributed by atoms with Gasteiger partial charge in [0.1, 0.15) is 5.82 Å². The van der Waals surface area contributed by atoms with Gasteiger partial charge in [0.15, 0.2) is 0 Å². The van der Waals surface area contributed by atoms with Gasteiger partial charge in [0.25, 0.3) is 0 Å². The van der Waals surface area contributed by atoms with Crippen molar-refractivity contribution in [1.29, 1.82) is 0 Å². The van der Waals surface area contributed by atoms with Crippen LogP contribution in [0.15, 0.2) is 36.4 Å². The fourth-order valence-corrected chi connectivity index (χ4v) is 4.37. The Morgan fingerprint density at radius 2 is 1.94 bits per heavy atom. The number of nitrogens with one attached hydrogen (secondary N) is 2. The molecular weight excluding hydrogens is 461 g/mol. The van der Waals surface area contributed by atoms with Crippen LogP contribution >= 0.6 is 11.6 Å². The maximum atomic E-state index is 14.2. The van der Waals surface area contributed by atoms with E-state index in [2.05, 4.69) is 29.4 Å². The van der Waals surface area contributed by atoms with Crippen LogP contribution in [0.1, 0.15) is 45.1 Å². The number of carbonyl (C=O) groups is 2. The van der Waals surface area contributed by atoms with Crippen molar-refractivity contribution in [2.75, 3.05) is 35.3 Å². The largest absolute Gasteiger partial charge is 0.481 e. The number of hydrogen-bond acceptors (Lipinski definition) is 4. The number of nitrogens with zero attached hydrogens (tertiary/aromatic N) is 1. The highest BCUT2D eigenvalue weighted by atomic mass is 35.5. The average molecular weight is 492 g/mol. The predicted molar refractivity (Wildman–Crippen MR) is 133 cm³/mol. The molecule has 34 heavy (non-hydrogen) atoms. The Labute approximate surface area is 204 Å². The summed E-state index contributed by atoms with van der Waals surface area (Å²) in [6.07, 6.45) is 0.628. The van der Waals surface area contributed by atoms with Gasteiger partial charge in [-0.2, -0.15) is 0 Å². The Morgan fingerprint density at radius 3 is 2.59 bits per heavy atom. The third kappa shape index (κ3) is 6.39. The van der Waals surface area contributed by atoms with Gasteiger partial charge in [0.2, 0.25) is 0 Å². The first-order valence-electron chi connectivity index (χ1n) is 11.4. The zero-order valence-corrected chi connectivity index (χ0v) is 20.4. The summed E-state index contributed by atoms with van der Waals surface area (Å²) in [6.45, 7) is 7.94. The summed E-state index contributed by atoms with van der Waals surface area (Å²) in [6, 6.07) is 9.16. The van der Waals surface area contributed by atoms with Gasteiger partial charge in [0.05, 0.1) is 42.7 Å². The van der Waals surface area contributed by atoms with E-state index < -0.39 is 17.8 Å². The fourth-order valence-electron chi connectivity index (χ4n) is 4.21. The summed E-state index contributed by atoms with van der Waals surface area (Å²) >= 11 is 5.80. The molecule has 1 fully saturated rings. The molecule has 1 unspecified atom stereocenters. The zero-order chi connectivity index (χ0) is 24.8. The first kappa shape index (κ1) is 25.8. The number of halogens is 2. The van der Waals surface area contributed by atoms with Crippen LogP contribution in [0.4, 0.5) is 26.2 Å². The number of hydrogen-bond donors (Lipinski definition) is 3. The van der Waals surface area contributed by atoms with Crippen LogP contribution in [-0.2, 0) is 9.53 Å². The smallest absolute Gasteiger partial charge is 0.323 e. The van der Waals surface area contributed by atoms with E-state index in [1.165, 1.54) is 12.1 Å². The van der Waals surface area contributed by atoms with Gasteiger partial charge in [-0.15, -0.1) is 0 Å². The van der Waals surface area contributed by atoms with E-state index >= 15 is 0 Å². The number of carboxylic acids is 1. The van der Waals surface area contributed by atoms with Crippen molar-refractivity contribution >= 4 is 40.7 Å². The molecule has 0 radical (unpaired) electrons. The van der Waals surface area contributed by atoms with E-state index in [0.717, 1.165) is 17.3 Å². The molecule has 1 heterocycles. The molecule has 2 aromatic carbocycles. The van der Waals surface area contributed by atoms with E-state index in [4.69, 9.17) is 16.3 Å². The standard InChI is InChI=1S/C25H31ClFN3O4/c1-4-16(12-24(31)32)17-5-8-22(30-9-10-34-14-23(30)15(2)3)21(11-17)29-25(33)28-20-7-6-18(26)13-19(20)27/h5-8,11,13,15-16,23H,4,9-10,12,14H2,1-3H3,(H,31,32)(H2,28,29,33)/t16?,23-/m0/s1. The van der Waals surface area contributed by atoms with Crippen molar-refractivity contribution in [2.45, 2.75) is 45.6 Å². The topological polar surface area (TPSA) is 90.9 Å². The highest BCUT2D eigenvalue weighted by Crippen LogP contribution is 2.35. The molecule has 9 heteroatoms. The van der Waals surface area contributed by atoms with Crippen molar-refractivity contribution in [3.8, 4) is 0 Å². The molecule has 7 nitrogen and oxygen atoms in total. The Bertz CT molecular complexity index is 1030. The molecule has 1 aliphatic rings. The van der Waals surface area contributed by atoms with E-state index in [-0.39, 0.29) is 29.1 Å². The van der Waals surface area contributed by atoms with Gasteiger partial charge in [0, 0.05) is 11.6 Å². The second-order valence-electron chi connectivity index (χ2n) is 8.76. The first-order chi connectivity index (χ1) is 16.2. The Kier molecular flexibility index (Phi) is 8.74. The summed E-state index contributed by atoms with van der Waals surface area (Å²) in [5.74, 6) is -1.42. The molecule has 0 saturated carbocycles. The van der Waals surface area contributed by atoms with Crippen LogP contribution in [0.5, 0.6) is 0 Å². The normalized spacial score (nSPS) is 16.9. The lowest BCUT2D eigenvalue weighted by Crippen LogP contribution is -2.48. The second kappa shape index (κ2) is 11.5. The lowest BCUT2D eigenvalue weighted by atomic mass is 9.92. The number of morpholine rings is 1. The van der Waals surface area contributed by atoms with Gasteiger partial charge < -0.3 is 25.4 Å². The SMILES string of the molecule is CCC(CC(=O)O)c1ccc(N2CCOC[C@H]2C(C)C)c(NC(=O)Nc2ccc(Cl)cc2F)c1. The number of carbonyl (C=O) groups excluding carboxylic acids is 1. The Balaban J connectivity index is 1.95. The maximum absolute atomic E-state index is 14.2. The minimum absolute atomic E-state index is 0.00310. The van der Waals surface area contributed by atoms with Crippen molar-refractivity contribution < 1.29 is 23.8 Å². The number of amides is 2. The molecule has 3 N–H and O–H groups in total. The van der Waals surface area contributed by atoms with E-state index in [0.29, 0.717) is 37.8 Å². The quantitative estimate of drug-likeness (QED) is 0.424. The lowest BCUT2D eigenvalue weighted by molar-refractivity contribution is -0.137. The molecule has 0 bridgehead atoms. The summed E-state index contributed by atoms with van der Waals surface area (Å²) in [7, 11) is 0. The Hall–Kier alpha value is -2.84. The van der Waals surface area contributed by atoms with Crippen LogP contribution in [0.3, 0.4) is 0 Å². The van der Waals surface area contributed by atoms with Crippen LogP contribution in [0, 0.1) is 11.7 Å². The van der Waals surface area contributed by atoms with Crippen LogP contribution in [-0.4, -0.2) is 42.9 Å². The van der Waals surface area contributed by atoms with Crippen molar-refractivity contribution in [2.24, 2.45) is 5.92 Å². The van der Waals surface area contributed by atoms with Crippen LogP contribution < -0.4 is 15.5 Å². The van der Waals surface area contributed by atoms with Gasteiger partial charge in [-0.1, -0.05) is 38.4 Å². The number of benzene rings is 2. The molecule has 2 amide bonds. The Morgan fingerprint density at radius 1 is 1.21 bits per heavy atom. The number of anilines is 3. The van der Waals surface area contributed by atoms with Gasteiger partial charge >= 0.3 is 12.0 Å². The summed E-state index contributed by atoms with van der Waals surface area (Å²) in [5, 5.41) is 14.9. The van der Waals surface area contributed by atoms with E-state index in [1.54, 1.807) is 0 Å². The third-order valence-corrected chi connectivity index (χ3v) is 6.31. The minimum Gasteiger partial charge on any atom is -0.481 e. The second-order valence-corrected chi connectivity index (χ2v) is 9.20. The molecular formula is C25H31ClFN3O4. The molecule has 3 rings (SSSR count). The summed E-state index contributed by atoms with van der Waals surface area (Å²) in [4.78, 5) is 26.4. The highest BCUT2D eigenvalue weighted by molar-refractivity contribution is 6.30. The molecule has 184 valence electrons. The van der Waals surface area contributed by atoms with Gasteiger partial charge in [-0.3, -0.25) is 4.79 Å². The predicted octanol–water partition coefficient (Wildman–Crippen LogP) is 5.95. The van der Waals surface area contributed by atoms with E-state index in [1.807, 2.05) is 25.1 Å². The molecule has 2 atom stereocenters. The molecule has 0 spiro atoms. The molecule has 2 aromatic rings. The monoisotopic (exact) mass is 491 g/mol. The minimum atomic E-state index is -0.880.